The van der Waals surface area contributed by atoms with E-state index in [1.54, 1.807) is 37.6 Å². The van der Waals surface area contributed by atoms with Crippen LogP contribution in [0.25, 0.3) is 0 Å². The number of methoxy groups -OCH3 is 1. The monoisotopic (exact) mass is 270 g/mol. The van der Waals surface area contributed by atoms with Gasteiger partial charge in [0.25, 0.3) is 0 Å². The molecule has 0 aliphatic carbocycles. The topological polar surface area (TPSA) is 63.8 Å². The third kappa shape index (κ3) is 2.18. The lowest BCUT2D eigenvalue weighted by Crippen LogP contribution is -2.21. The van der Waals surface area contributed by atoms with Gasteiger partial charge >= 0.3 is 0 Å². The van der Waals surface area contributed by atoms with Crippen molar-refractivity contribution in [3.8, 4) is 5.75 Å². The normalized spacial score (nSPS) is 17.4. The van der Waals surface area contributed by atoms with Crippen LogP contribution in [0.15, 0.2) is 52.2 Å². The number of rotatable bonds is 4. The van der Waals surface area contributed by atoms with Crippen molar-refractivity contribution in [1.29, 1.82) is 0 Å². The fourth-order valence-electron chi connectivity index (χ4n) is 2.22. The van der Waals surface area contributed by atoms with Gasteiger partial charge in [0.05, 0.1) is 19.3 Å². The van der Waals surface area contributed by atoms with Crippen molar-refractivity contribution in [2.24, 2.45) is 5.10 Å². The number of hydrogen-bond donors (Lipinski definition) is 1. The van der Waals surface area contributed by atoms with Crippen molar-refractivity contribution >= 4 is 11.5 Å². The molecule has 0 radical (unpaired) electrons. The van der Waals surface area contributed by atoms with Crippen LogP contribution in [0.5, 0.6) is 5.75 Å². The Morgan fingerprint density at radius 3 is 2.80 bits per heavy atom. The Balaban J connectivity index is 1.85. The molecule has 1 aromatic carbocycles. The fourth-order valence-corrected chi connectivity index (χ4v) is 2.22. The van der Waals surface area contributed by atoms with Crippen molar-refractivity contribution in [3.05, 3.63) is 54.0 Å². The Kier molecular flexibility index (Phi) is 3.25. The van der Waals surface area contributed by atoms with Gasteiger partial charge in [-0.2, -0.15) is 5.10 Å². The van der Waals surface area contributed by atoms with Gasteiger partial charge < -0.3 is 14.6 Å². The highest BCUT2D eigenvalue weighted by molar-refractivity contribution is 6.48. The largest absolute Gasteiger partial charge is 0.497 e. The van der Waals surface area contributed by atoms with Crippen LogP contribution >= 0.6 is 0 Å². The Hall–Kier alpha value is -2.56. The van der Waals surface area contributed by atoms with Crippen LogP contribution in [-0.4, -0.2) is 25.1 Å². The van der Waals surface area contributed by atoms with Gasteiger partial charge in [-0.25, -0.2) is 0 Å². The summed E-state index contributed by atoms with van der Waals surface area (Å²) in [7, 11) is 1.59. The van der Waals surface area contributed by atoms with E-state index in [0.717, 1.165) is 11.5 Å². The maximum atomic E-state index is 12.5. The minimum atomic E-state index is -0.139. The molecule has 5 heteroatoms. The second-order valence-corrected chi connectivity index (χ2v) is 4.48. The summed E-state index contributed by atoms with van der Waals surface area (Å²) in [6.45, 7) is 0.574. The van der Waals surface area contributed by atoms with E-state index in [4.69, 9.17) is 9.15 Å². The average Bonchev–Trinajstić information content (AvgIpc) is 3.16. The Morgan fingerprint density at radius 2 is 2.15 bits per heavy atom. The summed E-state index contributed by atoms with van der Waals surface area (Å²) in [5.74, 6) is 1.23. The van der Waals surface area contributed by atoms with Crippen LogP contribution < -0.4 is 10.2 Å². The molecule has 0 fully saturated rings. The minimum absolute atomic E-state index is 0.0981. The molecule has 3 rings (SSSR count). The summed E-state index contributed by atoms with van der Waals surface area (Å²) in [4.78, 5) is 12.5. The van der Waals surface area contributed by atoms with Gasteiger partial charge in [0.2, 0.25) is 5.78 Å². The van der Waals surface area contributed by atoms with Crippen LogP contribution in [0.4, 0.5) is 0 Å². The number of nitrogens with zero attached hydrogens (tertiary/aromatic N) is 1. The molecule has 20 heavy (non-hydrogen) atoms. The van der Waals surface area contributed by atoms with Crippen molar-refractivity contribution < 1.29 is 13.9 Å². The molecule has 0 amide bonds. The minimum Gasteiger partial charge on any atom is -0.497 e. The number of furan rings is 1. The fraction of sp³-hybridized carbons (Fsp3) is 0.200. The number of hydrazone groups is 1. The first-order valence-electron chi connectivity index (χ1n) is 6.32. The van der Waals surface area contributed by atoms with Crippen molar-refractivity contribution in [1.82, 2.24) is 5.43 Å². The number of Topliss-reactive ketones (excluding diaryl/α,β-unsaturated/α-hetero) is 1. The van der Waals surface area contributed by atoms with E-state index in [9.17, 15) is 4.79 Å². The highest BCUT2D eigenvalue weighted by atomic mass is 16.5. The lowest BCUT2D eigenvalue weighted by molar-refractivity contribution is 0.106. The van der Waals surface area contributed by atoms with Crippen molar-refractivity contribution in [2.45, 2.75) is 5.92 Å². The molecule has 1 aromatic heterocycles. The molecule has 2 heterocycles. The van der Waals surface area contributed by atoms with Crippen LogP contribution in [-0.2, 0) is 0 Å². The number of carbonyl (C=O) groups is 1. The van der Waals surface area contributed by atoms with Gasteiger partial charge in [-0.3, -0.25) is 4.79 Å². The summed E-state index contributed by atoms with van der Waals surface area (Å²) in [5.41, 5.74) is 3.93. The molecule has 1 aliphatic rings. The van der Waals surface area contributed by atoms with E-state index in [1.807, 2.05) is 12.1 Å². The summed E-state index contributed by atoms with van der Waals surface area (Å²) in [6, 6.07) is 10.7. The van der Waals surface area contributed by atoms with E-state index >= 15 is 0 Å². The van der Waals surface area contributed by atoms with Crippen molar-refractivity contribution in [2.75, 3.05) is 13.7 Å². The van der Waals surface area contributed by atoms with Crippen LogP contribution in [0.1, 0.15) is 22.0 Å². The molecule has 0 unspecified atom stereocenters. The Morgan fingerprint density at radius 1 is 1.35 bits per heavy atom. The predicted molar refractivity (Wildman–Crippen MR) is 74.2 cm³/mol. The zero-order chi connectivity index (χ0) is 13.9. The number of hydrogen-bond acceptors (Lipinski definition) is 5. The molecule has 1 atom stereocenters. The second kappa shape index (κ2) is 5.21. The Bertz CT molecular complexity index is 630. The molecule has 0 saturated carbocycles. The van der Waals surface area contributed by atoms with Gasteiger partial charge in [0.15, 0.2) is 0 Å². The molecule has 102 valence electrons. The van der Waals surface area contributed by atoms with Crippen LogP contribution in [0, 0.1) is 0 Å². The number of carbonyl (C=O) groups excluding carboxylic acids is 1. The van der Waals surface area contributed by atoms with E-state index in [1.165, 1.54) is 0 Å². The lowest BCUT2D eigenvalue weighted by atomic mass is 9.94. The number of nitrogens with one attached hydrogen (secondary N) is 1. The summed E-state index contributed by atoms with van der Waals surface area (Å²) < 4.78 is 10.5. The average molecular weight is 270 g/mol. The predicted octanol–water partition coefficient (Wildman–Crippen LogP) is 2.21. The van der Waals surface area contributed by atoms with Gasteiger partial charge in [0, 0.05) is 12.1 Å². The first-order valence-corrected chi connectivity index (χ1v) is 6.32. The molecule has 1 aliphatic heterocycles. The molecule has 0 bridgehead atoms. The van der Waals surface area contributed by atoms with E-state index in [-0.39, 0.29) is 11.7 Å². The highest BCUT2D eigenvalue weighted by Gasteiger charge is 2.31. The van der Waals surface area contributed by atoms with Crippen LogP contribution in [0.3, 0.4) is 0 Å². The zero-order valence-electron chi connectivity index (χ0n) is 11.0. The van der Waals surface area contributed by atoms with E-state index in [2.05, 4.69) is 10.5 Å². The molecule has 2 aromatic rings. The summed E-state index contributed by atoms with van der Waals surface area (Å²) in [6.07, 6.45) is 1.60. The van der Waals surface area contributed by atoms with Gasteiger partial charge in [-0.15, -0.1) is 0 Å². The maximum absolute atomic E-state index is 12.5. The lowest BCUT2D eigenvalue weighted by Gasteiger charge is -2.08. The molecule has 5 nitrogen and oxygen atoms in total. The van der Waals surface area contributed by atoms with E-state index in [0.29, 0.717) is 17.8 Å². The molecular weight excluding hydrogens is 256 g/mol. The van der Waals surface area contributed by atoms with Gasteiger partial charge in [0.1, 0.15) is 17.2 Å². The highest BCUT2D eigenvalue weighted by Crippen LogP contribution is 2.23. The summed E-state index contributed by atoms with van der Waals surface area (Å²) in [5, 5.41) is 4.12. The first-order chi connectivity index (χ1) is 9.79. The number of ether oxygens (including phenoxy) is 1. The third-order valence-electron chi connectivity index (χ3n) is 3.30. The first kappa shape index (κ1) is 12.5. The SMILES string of the molecule is COc1ccc(C(=O)C2=NNC[C@H]2c2ccco2)cc1. The second-order valence-electron chi connectivity index (χ2n) is 4.48. The standard InChI is InChI=1S/C15H14N2O3/c1-19-11-6-4-10(5-7-11)15(18)14-12(9-16-17-14)13-3-2-8-20-13/h2-8,12,16H,9H2,1H3/t12-/m0/s1. The van der Waals surface area contributed by atoms with Gasteiger partial charge in [-0.05, 0) is 36.4 Å². The molecule has 0 saturated heterocycles. The number of ketones is 1. The molecule has 0 spiro atoms. The smallest absolute Gasteiger partial charge is 0.209 e. The Labute approximate surface area is 116 Å². The van der Waals surface area contributed by atoms with Gasteiger partial charge in [-0.1, -0.05) is 0 Å². The number of benzene rings is 1. The molecule has 1 N–H and O–H groups in total. The zero-order valence-corrected chi connectivity index (χ0v) is 11.0. The molecular formula is C15H14N2O3. The quantitative estimate of drug-likeness (QED) is 0.865. The van der Waals surface area contributed by atoms with E-state index < -0.39 is 0 Å². The van der Waals surface area contributed by atoms with Crippen LogP contribution in [0.2, 0.25) is 0 Å². The maximum Gasteiger partial charge on any atom is 0.209 e. The summed E-state index contributed by atoms with van der Waals surface area (Å²) >= 11 is 0. The third-order valence-corrected chi connectivity index (χ3v) is 3.30. The van der Waals surface area contributed by atoms with Crippen molar-refractivity contribution in [3.63, 3.8) is 0 Å².